The van der Waals surface area contributed by atoms with Crippen molar-refractivity contribution in [3.05, 3.63) is 28.2 Å². The summed E-state index contributed by atoms with van der Waals surface area (Å²) in [6.07, 6.45) is 0.742. The third-order valence-corrected chi connectivity index (χ3v) is 5.48. The molecule has 0 radical (unpaired) electrons. The van der Waals surface area contributed by atoms with Crippen LogP contribution in [0, 0.1) is 6.92 Å². The molecule has 1 saturated heterocycles. The van der Waals surface area contributed by atoms with Gasteiger partial charge in [0.05, 0.1) is 11.5 Å². The molecule has 0 bridgehead atoms. The first-order valence-corrected chi connectivity index (χ1v) is 8.09. The summed E-state index contributed by atoms with van der Waals surface area (Å²) < 4.78 is 32.7. The van der Waals surface area contributed by atoms with E-state index in [0.717, 1.165) is 16.5 Å². The molecule has 0 atom stereocenters. The molecule has 1 aromatic rings. The minimum absolute atomic E-state index is 0.374. The van der Waals surface area contributed by atoms with E-state index in [1.54, 1.807) is 6.07 Å². The quantitative estimate of drug-likeness (QED) is 0.833. The standard InChI is InChI=1S/C12H16BrNO3S/c1-10-3-4-11(13)9-12(10)18(15,16)14-5-2-7-17-8-6-14/h3-4,9H,2,5-8H2,1H3. The van der Waals surface area contributed by atoms with E-state index < -0.39 is 10.0 Å². The summed E-state index contributed by atoms with van der Waals surface area (Å²) in [6.45, 7) is 3.85. The number of halogens is 1. The van der Waals surface area contributed by atoms with Crippen LogP contribution >= 0.6 is 15.9 Å². The summed E-state index contributed by atoms with van der Waals surface area (Å²) in [5, 5.41) is 0. The maximum absolute atomic E-state index is 12.6. The van der Waals surface area contributed by atoms with Gasteiger partial charge in [0.25, 0.3) is 0 Å². The van der Waals surface area contributed by atoms with Crippen molar-refractivity contribution in [1.82, 2.24) is 4.31 Å². The molecular weight excluding hydrogens is 318 g/mol. The lowest BCUT2D eigenvalue weighted by atomic mass is 10.2. The number of hydrogen-bond acceptors (Lipinski definition) is 3. The van der Waals surface area contributed by atoms with Gasteiger partial charge in [-0.15, -0.1) is 0 Å². The Morgan fingerprint density at radius 1 is 1.28 bits per heavy atom. The van der Waals surface area contributed by atoms with Crippen LogP contribution in [0.5, 0.6) is 0 Å². The molecule has 0 unspecified atom stereocenters. The summed E-state index contributed by atoms with van der Waals surface area (Å²) in [6, 6.07) is 5.32. The highest BCUT2D eigenvalue weighted by atomic mass is 79.9. The number of nitrogens with zero attached hydrogens (tertiary/aromatic N) is 1. The van der Waals surface area contributed by atoms with E-state index in [1.165, 1.54) is 4.31 Å². The number of ether oxygens (including phenoxy) is 1. The van der Waals surface area contributed by atoms with Gasteiger partial charge >= 0.3 is 0 Å². The van der Waals surface area contributed by atoms with Crippen LogP contribution in [-0.4, -0.2) is 39.0 Å². The van der Waals surface area contributed by atoms with E-state index in [4.69, 9.17) is 4.74 Å². The molecule has 0 saturated carbocycles. The van der Waals surface area contributed by atoms with Gasteiger partial charge in [0.1, 0.15) is 0 Å². The summed E-state index contributed by atoms with van der Waals surface area (Å²) >= 11 is 3.32. The van der Waals surface area contributed by atoms with Crippen LogP contribution in [0.15, 0.2) is 27.6 Å². The van der Waals surface area contributed by atoms with Crippen molar-refractivity contribution in [3.63, 3.8) is 0 Å². The second-order valence-electron chi connectivity index (χ2n) is 4.28. The highest BCUT2D eigenvalue weighted by Gasteiger charge is 2.26. The highest BCUT2D eigenvalue weighted by molar-refractivity contribution is 9.10. The molecule has 1 aliphatic rings. The molecule has 1 aromatic carbocycles. The number of benzene rings is 1. The molecular formula is C12H16BrNO3S. The molecule has 18 heavy (non-hydrogen) atoms. The fraction of sp³-hybridized carbons (Fsp3) is 0.500. The summed E-state index contributed by atoms with van der Waals surface area (Å²) in [7, 11) is -3.42. The highest BCUT2D eigenvalue weighted by Crippen LogP contribution is 2.24. The van der Waals surface area contributed by atoms with Gasteiger partial charge in [-0.2, -0.15) is 4.31 Å². The van der Waals surface area contributed by atoms with Crippen molar-refractivity contribution in [2.45, 2.75) is 18.2 Å². The topological polar surface area (TPSA) is 46.6 Å². The fourth-order valence-electron chi connectivity index (χ4n) is 1.95. The lowest BCUT2D eigenvalue weighted by molar-refractivity contribution is 0.148. The van der Waals surface area contributed by atoms with Crippen molar-refractivity contribution in [1.29, 1.82) is 0 Å². The van der Waals surface area contributed by atoms with Crippen LogP contribution < -0.4 is 0 Å². The first-order chi connectivity index (χ1) is 8.51. The Labute approximate surface area is 116 Å². The normalized spacial score (nSPS) is 18.6. The molecule has 0 N–H and O–H groups in total. The molecule has 6 heteroatoms. The van der Waals surface area contributed by atoms with Gasteiger partial charge in [0.15, 0.2) is 0 Å². The van der Waals surface area contributed by atoms with Crippen molar-refractivity contribution in [3.8, 4) is 0 Å². The van der Waals surface area contributed by atoms with E-state index in [2.05, 4.69) is 15.9 Å². The Morgan fingerprint density at radius 3 is 2.83 bits per heavy atom. The third kappa shape index (κ3) is 2.93. The Morgan fingerprint density at radius 2 is 2.06 bits per heavy atom. The summed E-state index contributed by atoms with van der Waals surface area (Å²) in [5.41, 5.74) is 0.767. The lowest BCUT2D eigenvalue weighted by Crippen LogP contribution is -2.33. The zero-order valence-corrected chi connectivity index (χ0v) is 12.6. The van der Waals surface area contributed by atoms with Gasteiger partial charge in [-0.05, 0) is 31.0 Å². The average molecular weight is 334 g/mol. The zero-order chi connectivity index (χ0) is 13.2. The molecule has 1 fully saturated rings. The van der Waals surface area contributed by atoms with Crippen molar-refractivity contribution in [2.75, 3.05) is 26.3 Å². The van der Waals surface area contributed by atoms with E-state index in [1.807, 2.05) is 19.1 Å². The monoisotopic (exact) mass is 333 g/mol. The predicted molar refractivity (Wildman–Crippen MR) is 73.1 cm³/mol. The Hall–Kier alpha value is -0.430. The molecule has 1 heterocycles. The summed E-state index contributed by atoms with van der Waals surface area (Å²) in [4.78, 5) is 0.374. The minimum atomic E-state index is -3.42. The lowest BCUT2D eigenvalue weighted by Gasteiger charge is -2.20. The zero-order valence-electron chi connectivity index (χ0n) is 10.2. The smallest absolute Gasteiger partial charge is 0.243 e. The summed E-state index contributed by atoms with van der Waals surface area (Å²) in [5.74, 6) is 0. The van der Waals surface area contributed by atoms with Crippen molar-refractivity contribution >= 4 is 26.0 Å². The third-order valence-electron chi connectivity index (χ3n) is 2.95. The van der Waals surface area contributed by atoms with Crippen molar-refractivity contribution in [2.24, 2.45) is 0 Å². The molecule has 0 aromatic heterocycles. The first-order valence-electron chi connectivity index (χ1n) is 5.86. The average Bonchev–Trinajstić information content (AvgIpc) is 2.61. The van der Waals surface area contributed by atoms with Gasteiger partial charge in [0, 0.05) is 24.2 Å². The Bertz CT molecular complexity index is 522. The van der Waals surface area contributed by atoms with E-state index in [-0.39, 0.29) is 0 Å². The minimum Gasteiger partial charge on any atom is -0.380 e. The predicted octanol–water partition coefficient (Wildman–Crippen LogP) is 2.17. The van der Waals surface area contributed by atoms with Gasteiger partial charge in [-0.25, -0.2) is 8.42 Å². The second-order valence-corrected chi connectivity index (χ2v) is 7.10. The van der Waals surface area contributed by atoms with Crippen LogP contribution in [0.3, 0.4) is 0 Å². The molecule has 0 spiro atoms. The van der Waals surface area contributed by atoms with Gasteiger partial charge in [-0.1, -0.05) is 22.0 Å². The van der Waals surface area contributed by atoms with Gasteiger partial charge in [0.2, 0.25) is 10.0 Å². The molecule has 4 nitrogen and oxygen atoms in total. The van der Waals surface area contributed by atoms with Crippen LogP contribution in [0.1, 0.15) is 12.0 Å². The van der Waals surface area contributed by atoms with Crippen LogP contribution in [-0.2, 0) is 14.8 Å². The SMILES string of the molecule is Cc1ccc(Br)cc1S(=O)(=O)N1CCCOCC1. The fourth-order valence-corrected chi connectivity index (χ4v) is 4.18. The van der Waals surface area contributed by atoms with Crippen LogP contribution in [0.2, 0.25) is 0 Å². The molecule has 2 rings (SSSR count). The van der Waals surface area contributed by atoms with Gasteiger partial charge < -0.3 is 4.74 Å². The molecule has 0 amide bonds. The number of sulfonamides is 1. The van der Waals surface area contributed by atoms with Crippen LogP contribution in [0.25, 0.3) is 0 Å². The maximum Gasteiger partial charge on any atom is 0.243 e. The number of aryl methyl sites for hydroxylation is 1. The van der Waals surface area contributed by atoms with E-state index in [0.29, 0.717) is 31.2 Å². The Kier molecular flexibility index (Phi) is 4.42. The number of hydrogen-bond donors (Lipinski definition) is 0. The first kappa shape index (κ1) is 14.0. The van der Waals surface area contributed by atoms with Crippen LogP contribution in [0.4, 0.5) is 0 Å². The Balaban J connectivity index is 2.37. The molecule has 100 valence electrons. The maximum atomic E-state index is 12.6. The van der Waals surface area contributed by atoms with Crippen molar-refractivity contribution < 1.29 is 13.2 Å². The van der Waals surface area contributed by atoms with E-state index >= 15 is 0 Å². The van der Waals surface area contributed by atoms with Gasteiger partial charge in [-0.3, -0.25) is 0 Å². The molecule has 1 aliphatic heterocycles. The van der Waals surface area contributed by atoms with E-state index in [9.17, 15) is 8.42 Å². The second kappa shape index (κ2) is 5.69. The largest absolute Gasteiger partial charge is 0.380 e. The number of rotatable bonds is 2. The molecule has 0 aliphatic carbocycles.